The van der Waals surface area contributed by atoms with E-state index < -0.39 is 0 Å². The number of hydrogen-bond donors (Lipinski definition) is 0. The number of hydrogen-bond acceptors (Lipinski definition) is 7. The number of likely N-dealkylation sites (N-methyl/N-ethyl adjacent to an activating group) is 1. The van der Waals surface area contributed by atoms with Gasteiger partial charge < -0.3 is 14.5 Å². The van der Waals surface area contributed by atoms with E-state index in [-0.39, 0.29) is 11.3 Å². The van der Waals surface area contributed by atoms with Crippen molar-refractivity contribution in [2.75, 3.05) is 38.1 Å². The molecule has 0 spiro atoms. The predicted molar refractivity (Wildman–Crippen MR) is 146 cm³/mol. The lowest BCUT2D eigenvalue weighted by Crippen LogP contribution is -2.44. The highest BCUT2D eigenvalue weighted by Gasteiger charge is 2.18. The molecule has 0 bridgehead atoms. The molecule has 0 amide bonds. The van der Waals surface area contributed by atoms with E-state index in [0.29, 0.717) is 19.0 Å². The summed E-state index contributed by atoms with van der Waals surface area (Å²) in [5.74, 6) is 1.45. The number of aromatic nitrogens is 3. The minimum absolute atomic E-state index is 0.108. The van der Waals surface area contributed by atoms with Crippen LogP contribution in [0.25, 0.3) is 0 Å². The van der Waals surface area contributed by atoms with Crippen molar-refractivity contribution < 1.29 is 4.74 Å². The molecule has 1 saturated heterocycles. The van der Waals surface area contributed by atoms with Gasteiger partial charge in [-0.1, -0.05) is 57.2 Å². The Bertz CT molecular complexity index is 1200. The fourth-order valence-electron chi connectivity index (χ4n) is 4.20. The molecule has 0 unspecified atom stereocenters. The number of nitrogens with zero attached hydrogens (tertiary/aromatic N) is 7. The van der Waals surface area contributed by atoms with E-state index in [1.165, 1.54) is 16.8 Å². The van der Waals surface area contributed by atoms with Gasteiger partial charge in [0.1, 0.15) is 12.4 Å². The normalized spacial score (nSPS) is 15.2. The highest BCUT2D eigenvalue weighted by atomic mass is 16.5. The Balaban J connectivity index is 1.45. The first-order valence-corrected chi connectivity index (χ1v) is 12.4. The Morgan fingerprint density at radius 3 is 2.42 bits per heavy atom. The van der Waals surface area contributed by atoms with Crippen LogP contribution in [0.1, 0.15) is 49.1 Å². The Kier molecular flexibility index (Phi) is 7.84. The van der Waals surface area contributed by atoms with E-state index in [1.54, 1.807) is 0 Å². The van der Waals surface area contributed by atoms with E-state index in [4.69, 9.17) is 4.74 Å². The molecule has 8 nitrogen and oxygen atoms in total. The standard InChI is InChI=1S/C28H37N7O/c1-21-30-26(27(31-29-5)36-20-22-10-12-24(13-11-22)28(2,3)4)32-35(21)19-23-8-7-9-25(18-23)34-16-14-33(6)15-17-34/h7-13,18H,5,14-17,19-20H2,1-4,6H3/b31-27-. The minimum atomic E-state index is 0.108. The maximum Gasteiger partial charge on any atom is 0.281 e. The van der Waals surface area contributed by atoms with Crippen LogP contribution in [0.3, 0.4) is 0 Å². The second-order valence-corrected chi connectivity index (χ2v) is 10.4. The molecule has 36 heavy (non-hydrogen) atoms. The number of piperazine rings is 1. The largest absolute Gasteiger partial charge is 0.469 e. The third-order valence-electron chi connectivity index (χ3n) is 6.52. The molecule has 0 radical (unpaired) electrons. The molecule has 0 N–H and O–H groups in total. The zero-order valence-electron chi connectivity index (χ0n) is 22.1. The molecule has 190 valence electrons. The van der Waals surface area contributed by atoms with Crippen molar-refractivity contribution in [3.63, 3.8) is 0 Å². The maximum atomic E-state index is 5.97. The number of aryl methyl sites for hydroxylation is 1. The van der Waals surface area contributed by atoms with Crippen LogP contribution in [0.4, 0.5) is 5.69 Å². The van der Waals surface area contributed by atoms with Gasteiger partial charge in [0.2, 0.25) is 5.82 Å². The molecule has 4 rings (SSSR count). The van der Waals surface area contributed by atoms with Crippen molar-refractivity contribution in [1.82, 2.24) is 19.7 Å². The van der Waals surface area contributed by atoms with Crippen molar-refractivity contribution in [3.8, 4) is 0 Å². The average Bonchev–Trinajstić information content (AvgIpc) is 3.22. The molecule has 0 saturated carbocycles. The Morgan fingerprint density at radius 1 is 1.03 bits per heavy atom. The third-order valence-corrected chi connectivity index (χ3v) is 6.52. The molecule has 3 aromatic rings. The fraction of sp³-hybridized carbons (Fsp3) is 0.429. The van der Waals surface area contributed by atoms with Crippen LogP contribution in [-0.2, 0) is 23.3 Å². The van der Waals surface area contributed by atoms with Crippen LogP contribution >= 0.6 is 0 Å². The van der Waals surface area contributed by atoms with Crippen LogP contribution in [0, 0.1) is 6.92 Å². The molecule has 2 aromatic carbocycles. The summed E-state index contributed by atoms with van der Waals surface area (Å²) in [4.78, 5) is 9.40. The third kappa shape index (κ3) is 6.37. The first kappa shape index (κ1) is 25.6. The summed E-state index contributed by atoms with van der Waals surface area (Å²) in [5.41, 5.74) is 4.85. The van der Waals surface area contributed by atoms with Crippen molar-refractivity contribution >= 4 is 18.3 Å². The second kappa shape index (κ2) is 11.0. The zero-order chi connectivity index (χ0) is 25.7. The van der Waals surface area contributed by atoms with Crippen LogP contribution in [0.15, 0.2) is 58.7 Å². The van der Waals surface area contributed by atoms with Gasteiger partial charge in [-0.05, 0) is 48.2 Å². The van der Waals surface area contributed by atoms with Crippen molar-refractivity contribution in [1.29, 1.82) is 0 Å². The van der Waals surface area contributed by atoms with Gasteiger partial charge in [-0.25, -0.2) is 9.67 Å². The number of anilines is 1. The summed E-state index contributed by atoms with van der Waals surface area (Å²) in [6.45, 7) is 17.2. The summed E-state index contributed by atoms with van der Waals surface area (Å²) in [5, 5.41) is 12.4. The van der Waals surface area contributed by atoms with Gasteiger partial charge in [0.15, 0.2) is 0 Å². The molecule has 1 aliphatic rings. The average molecular weight is 488 g/mol. The van der Waals surface area contributed by atoms with Crippen LogP contribution in [-0.4, -0.2) is 65.5 Å². The number of rotatable bonds is 7. The number of ether oxygens (including phenoxy) is 1. The smallest absolute Gasteiger partial charge is 0.281 e. The Hall–Kier alpha value is -3.52. The lowest BCUT2D eigenvalue weighted by molar-refractivity contribution is 0.290. The van der Waals surface area contributed by atoms with Gasteiger partial charge >= 0.3 is 0 Å². The lowest BCUT2D eigenvalue weighted by atomic mass is 9.87. The summed E-state index contributed by atoms with van der Waals surface area (Å²) in [6, 6.07) is 17.1. The molecule has 1 aliphatic heterocycles. The van der Waals surface area contributed by atoms with Gasteiger partial charge in [0, 0.05) is 38.6 Å². The van der Waals surface area contributed by atoms with Gasteiger partial charge in [-0.15, -0.1) is 10.2 Å². The summed E-state index contributed by atoms with van der Waals surface area (Å²) < 4.78 is 7.85. The molecule has 0 atom stereocenters. The highest BCUT2D eigenvalue weighted by Crippen LogP contribution is 2.23. The van der Waals surface area contributed by atoms with E-state index in [1.807, 2.05) is 11.6 Å². The Labute approximate surface area is 214 Å². The molecule has 1 aromatic heterocycles. The van der Waals surface area contributed by atoms with Gasteiger partial charge in [-0.3, -0.25) is 0 Å². The zero-order valence-corrected chi connectivity index (χ0v) is 22.1. The molecule has 2 heterocycles. The first-order chi connectivity index (χ1) is 17.2. The molecular weight excluding hydrogens is 450 g/mol. The van der Waals surface area contributed by atoms with Crippen molar-refractivity contribution in [3.05, 3.63) is 76.9 Å². The monoisotopic (exact) mass is 487 g/mol. The molecule has 8 heteroatoms. The topological polar surface area (TPSA) is 71.1 Å². The molecular formula is C28H37N7O. The summed E-state index contributed by atoms with van der Waals surface area (Å²) in [7, 11) is 2.17. The van der Waals surface area contributed by atoms with E-state index in [2.05, 4.69) is 113 Å². The van der Waals surface area contributed by atoms with E-state index >= 15 is 0 Å². The van der Waals surface area contributed by atoms with Crippen molar-refractivity contribution in [2.45, 2.75) is 46.3 Å². The van der Waals surface area contributed by atoms with Crippen LogP contribution < -0.4 is 4.90 Å². The van der Waals surface area contributed by atoms with E-state index in [0.717, 1.165) is 37.6 Å². The van der Waals surface area contributed by atoms with Gasteiger partial charge in [0.05, 0.1) is 6.54 Å². The highest BCUT2D eigenvalue weighted by molar-refractivity contribution is 5.90. The molecule has 1 fully saturated rings. The molecule has 0 aliphatic carbocycles. The van der Waals surface area contributed by atoms with Gasteiger partial charge in [0.25, 0.3) is 5.90 Å². The van der Waals surface area contributed by atoms with E-state index in [9.17, 15) is 0 Å². The SMILES string of the molecule is C=N/N=C(\OCc1ccc(C(C)(C)C)cc1)c1nc(C)n(Cc2cccc(N3CCN(C)CC3)c2)n1. The maximum absolute atomic E-state index is 5.97. The lowest BCUT2D eigenvalue weighted by Gasteiger charge is -2.34. The fourth-order valence-corrected chi connectivity index (χ4v) is 4.20. The second-order valence-electron chi connectivity index (χ2n) is 10.4. The van der Waals surface area contributed by atoms with Gasteiger partial charge in [-0.2, -0.15) is 5.10 Å². The van der Waals surface area contributed by atoms with Crippen LogP contribution in [0.2, 0.25) is 0 Å². The quantitative estimate of drug-likeness (QED) is 0.283. The number of benzene rings is 2. The summed E-state index contributed by atoms with van der Waals surface area (Å²) >= 11 is 0. The Morgan fingerprint density at radius 2 is 1.75 bits per heavy atom. The minimum Gasteiger partial charge on any atom is -0.469 e. The van der Waals surface area contributed by atoms with Crippen LogP contribution in [0.5, 0.6) is 0 Å². The summed E-state index contributed by atoms with van der Waals surface area (Å²) in [6.07, 6.45) is 0. The first-order valence-electron chi connectivity index (χ1n) is 12.4. The predicted octanol–water partition coefficient (Wildman–Crippen LogP) is 4.26. The van der Waals surface area contributed by atoms with Crippen molar-refractivity contribution in [2.24, 2.45) is 10.2 Å².